The molecule has 164 valence electrons. The third-order valence-electron chi connectivity index (χ3n) is 5.93. The molecule has 3 heterocycles. The molecule has 0 bridgehead atoms. The highest BCUT2D eigenvalue weighted by Gasteiger charge is 2.54. The van der Waals surface area contributed by atoms with E-state index in [9.17, 15) is 14.4 Å². The molecule has 0 radical (unpaired) electrons. The number of imide groups is 1. The molecule has 3 aromatic rings. The first-order valence-corrected chi connectivity index (χ1v) is 10.3. The van der Waals surface area contributed by atoms with Gasteiger partial charge in [-0.15, -0.1) is 0 Å². The van der Waals surface area contributed by atoms with Crippen LogP contribution in [0.1, 0.15) is 35.2 Å². The predicted octanol–water partition coefficient (Wildman–Crippen LogP) is 2.62. The van der Waals surface area contributed by atoms with E-state index < -0.39 is 5.41 Å². The standard InChI is InChI=1S/C24H24N4O4/c1-17-5-3-4-6-20(17)24(13-21(29)27(2)16-19-9-12-32-26-19)14-22(30)28(23(24)31)15-18-7-10-25-11-8-18/h3-12H,13-16H2,1-2H3/t24-/m1/s1. The summed E-state index contributed by atoms with van der Waals surface area (Å²) in [6.45, 7) is 2.29. The minimum atomic E-state index is -1.25. The van der Waals surface area contributed by atoms with Crippen molar-refractivity contribution in [3.05, 3.63) is 83.5 Å². The monoisotopic (exact) mass is 432 g/mol. The number of amides is 3. The van der Waals surface area contributed by atoms with Crippen LogP contribution in [-0.2, 0) is 32.9 Å². The van der Waals surface area contributed by atoms with E-state index in [1.807, 2.05) is 31.2 Å². The number of hydrogen-bond acceptors (Lipinski definition) is 6. The molecule has 2 aromatic heterocycles. The lowest BCUT2D eigenvalue weighted by atomic mass is 9.74. The fourth-order valence-electron chi connectivity index (χ4n) is 4.23. The molecule has 1 fully saturated rings. The van der Waals surface area contributed by atoms with Gasteiger partial charge in [0.25, 0.3) is 0 Å². The van der Waals surface area contributed by atoms with Crippen molar-refractivity contribution in [1.82, 2.24) is 19.9 Å². The summed E-state index contributed by atoms with van der Waals surface area (Å²) < 4.78 is 4.84. The van der Waals surface area contributed by atoms with Crippen LogP contribution in [0.3, 0.4) is 0 Å². The topological polar surface area (TPSA) is 96.6 Å². The minimum absolute atomic E-state index is 0.0503. The van der Waals surface area contributed by atoms with Gasteiger partial charge in [-0.1, -0.05) is 29.4 Å². The van der Waals surface area contributed by atoms with Gasteiger partial charge in [0.05, 0.1) is 18.5 Å². The summed E-state index contributed by atoms with van der Waals surface area (Å²) in [5, 5.41) is 3.84. The lowest BCUT2D eigenvalue weighted by Crippen LogP contribution is -2.42. The Morgan fingerprint density at radius 2 is 1.91 bits per heavy atom. The number of likely N-dealkylation sites (tertiary alicyclic amines) is 1. The molecule has 0 N–H and O–H groups in total. The maximum Gasteiger partial charge on any atom is 0.241 e. The Morgan fingerprint density at radius 3 is 2.59 bits per heavy atom. The van der Waals surface area contributed by atoms with E-state index in [-0.39, 0.29) is 43.7 Å². The molecule has 8 heteroatoms. The molecule has 1 saturated heterocycles. The molecule has 1 aromatic carbocycles. The summed E-state index contributed by atoms with van der Waals surface area (Å²) in [5.74, 6) is -0.887. The molecule has 0 aliphatic carbocycles. The molecule has 3 amide bonds. The lowest BCUT2D eigenvalue weighted by molar-refractivity contribution is -0.143. The number of hydrogen-bond donors (Lipinski definition) is 0. The summed E-state index contributed by atoms with van der Waals surface area (Å²) in [5.41, 5.74) is 1.74. The molecule has 4 rings (SSSR count). The predicted molar refractivity (Wildman–Crippen MR) is 115 cm³/mol. The van der Waals surface area contributed by atoms with Crippen LogP contribution in [0.15, 0.2) is 65.6 Å². The van der Waals surface area contributed by atoms with Gasteiger partial charge < -0.3 is 9.42 Å². The van der Waals surface area contributed by atoms with Gasteiger partial charge in [0, 0.05) is 38.3 Å². The lowest BCUT2D eigenvalue weighted by Gasteiger charge is -2.30. The molecule has 0 spiro atoms. The van der Waals surface area contributed by atoms with Crippen LogP contribution >= 0.6 is 0 Å². The molecular weight excluding hydrogens is 408 g/mol. The molecule has 1 aliphatic heterocycles. The first-order chi connectivity index (χ1) is 15.4. The summed E-state index contributed by atoms with van der Waals surface area (Å²) in [7, 11) is 1.65. The van der Waals surface area contributed by atoms with Gasteiger partial charge >= 0.3 is 0 Å². The highest BCUT2D eigenvalue weighted by atomic mass is 16.5. The van der Waals surface area contributed by atoms with Crippen LogP contribution in [0.25, 0.3) is 0 Å². The van der Waals surface area contributed by atoms with E-state index in [1.165, 1.54) is 16.1 Å². The Balaban J connectivity index is 1.66. The average Bonchev–Trinajstić information content (AvgIpc) is 3.37. The average molecular weight is 432 g/mol. The zero-order chi connectivity index (χ0) is 22.7. The first kappa shape index (κ1) is 21.4. The van der Waals surface area contributed by atoms with Crippen LogP contribution in [-0.4, -0.2) is 44.7 Å². The fraction of sp³-hybridized carbons (Fsp3) is 0.292. The van der Waals surface area contributed by atoms with E-state index in [0.29, 0.717) is 11.3 Å². The van der Waals surface area contributed by atoms with Gasteiger partial charge in [0.2, 0.25) is 17.7 Å². The van der Waals surface area contributed by atoms with Crippen LogP contribution in [0.4, 0.5) is 0 Å². The molecule has 0 unspecified atom stereocenters. The third-order valence-corrected chi connectivity index (χ3v) is 5.93. The van der Waals surface area contributed by atoms with Crippen molar-refractivity contribution < 1.29 is 18.9 Å². The smallest absolute Gasteiger partial charge is 0.241 e. The second-order valence-corrected chi connectivity index (χ2v) is 8.13. The van der Waals surface area contributed by atoms with Gasteiger partial charge in [0.15, 0.2) is 0 Å². The second kappa shape index (κ2) is 8.74. The van der Waals surface area contributed by atoms with E-state index in [0.717, 1.165) is 11.1 Å². The first-order valence-electron chi connectivity index (χ1n) is 10.3. The number of rotatable bonds is 7. The van der Waals surface area contributed by atoms with E-state index in [2.05, 4.69) is 10.1 Å². The molecule has 1 atom stereocenters. The zero-order valence-electron chi connectivity index (χ0n) is 18.0. The number of benzene rings is 1. The van der Waals surface area contributed by atoms with E-state index in [1.54, 1.807) is 37.6 Å². The SMILES string of the molecule is Cc1ccccc1[C@@]1(CC(=O)N(C)Cc2ccon2)CC(=O)N(Cc2ccncc2)C1=O. The summed E-state index contributed by atoms with van der Waals surface area (Å²) >= 11 is 0. The van der Waals surface area contributed by atoms with Crippen LogP contribution < -0.4 is 0 Å². The highest BCUT2D eigenvalue weighted by molar-refractivity contribution is 6.10. The summed E-state index contributed by atoms with van der Waals surface area (Å²) in [6.07, 6.45) is 4.53. The van der Waals surface area contributed by atoms with Crippen LogP contribution in [0, 0.1) is 6.92 Å². The number of pyridine rings is 1. The summed E-state index contributed by atoms with van der Waals surface area (Å²) in [4.78, 5) is 46.8. The van der Waals surface area contributed by atoms with Crippen molar-refractivity contribution in [2.24, 2.45) is 0 Å². The van der Waals surface area contributed by atoms with Gasteiger partial charge in [-0.25, -0.2) is 0 Å². The molecule has 0 saturated carbocycles. The largest absolute Gasteiger partial charge is 0.364 e. The van der Waals surface area contributed by atoms with Gasteiger partial charge in [-0.2, -0.15) is 0 Å². The van der Waals surface area contributed by atoms with Crippen molar-refractivity contribution in [2.75, 3.05) is 7.05 Å². The maximum absolute atomic E-state index is 13.8. The second-order valence-electron chi connectivity index (χ2n) is 8.13. The molecule has 32 heavy (non-hydrogen) atoms. The Bertz CT molecular complexity index is 1130. The van der Waals surface area contributed by atoms with Gasteiger partial charge in [-0.05, 0) is 35.7 Å². The number of aryl methyl sites for hydroxylation is 1. The fourth-order valence-corrected chi connectivity index (χ4v) is 4.23. The number of aromatic nitrogens is 2. The van der Waals surface area contributed by atoms with Gasteiger partial charge in [0.1, 0.15) is 12.0 Å². The Morgan fingerprint density at radius 1 is 1.16 bits per heavy atom. The number of carbonyl (C=O) groups excluding carboxylic acids is 3. The molecular formula is C24H24N4O4. The van der Waals surface area contributed by atoms with Crippen molar-refractivity contribution in [3.63, 3.8) is 0 Å². The molecule has 1 aliphatic rings. The van der Waals surface area contributed by atoms with E-state index >= 15 is 0 Å². The van der Waals surface area contributed by atoms with E-state index in [4.69, 9.17) is 4.52 Å². The Kier molecular flexibility index (Phi) is 5.85. The van der Waals surface area contributed by atoms with Crippen molar-refractivity contribution >= 4 is 17.7 Å². The van der Waals surface area contributed by atoms with Crippen LogP contribution in [0.5, 0.6) is 0 Å². The van der Waals surface area contributed by atoms with Crippen LogP contribution in [0.2, 0.25) is 0 Å². The maximum atomic E-state index is 13.8. The Labute approximate surface area is 185 Å². The van der Waals surface area contributed by atoms with Gasteiger partial charge in [-0.3, -0.25) is 24.3 Å². The highest BCUT2D eigenvalue weighted by Crippen LogP contribution is 2.42. The van der Waals surface area contributed by atoms with Crippen molar-refractivity contribution in [2.45, 2.75) is 38.3 Å². The minimum Gasteiger partial charge on any atom is -0.364 e. The normalized spacial score (nSPS) is 18.2. The molecule has 8 nitrogen and oxygen atoms in total. The van der Waals surface area contributed by atoms with Crippen molar-refractivity contribution in [3.8, 4) is 0 Å². The number of nitrogens with zero attached hydrogens (tertiary/aromatic N) is 4. The zero-order valence-corrected chi connectivity index (χ0v) is 18.0. The third kappa shape index (κ3) is 4.03. The summed E-state index contributed by atoms with van der Waals surface area (Å²) in [6, 6.07) is 12.7. The van der Waals surface area contributed by atoms with Crippen molar-refractivity contribution in [1.29, 1.82) is 0 Å². The number of carbonyl (C=O) groups is 3. The Hall–Kier alpha value is -3.81. The quantitative estimate of drug-likeness (QED) is 0.533.